The van der Waals surface area contributed by atoms with Gasteiger partial charge in [0, 0.05) is 17.8 Å². The van der Waals surface area contributed by atoms with Gasteiger partial charge in [0.15, 0.2) is 11.5 Å². The van der Waals surface area contributed by atoms with Gasteiger partial charge in [0.2, 0.25) is 11.8 Å². The van der Waals surface area contributed by atoms with Crippen LogP contribution >= 0.6 is 0 Å². The number of rotatable bonds is 11. The van der Waals surface area contributed by atoms with Crippen molar-refractivity contribution in [3.8, 4) is 11.5 Å². The SMILES string of the molecule is COc1cccc([C@@H](C(=O)NCCC(C)C)N(C(=O)Cn2nnc3ccccc32)c2ccccc2)c1OC. The number of methoxy groups -OCH3 is 2. The van der Waals surface area contributed by atoms with Crippen LogP contribution in [0, 0.1) is 5.92 Å². The van der Waals surface area contributed by atoms with Crippen LogP contribution in [0.2, 0.25) is 0 Å². The Hall–Kier alpha value is -4.40. The summed E-state index contributed by atoms with van der Waals surface area (Å²) in [5, 5.41) is 11.4. The Balaban J connectivity index is 1.82. The average molecular weight is 516 g/mol. The van der Waals surface area contributed by atoms with Crippen molar-refractivity contribution in [2.45, 2.75) is 32.9 Å². The number of nitrogens with one attached hydrogen (secondary N) is 1. The predicted molar refractivity (Wildman–Crippen MR) is 146 cm³/mol. The third kappa shape index (κ3) is 5.77. The highest BCUT2D eigenvalue weighted by Crippen LogP contribution is 2.39. The molecule has 198 valence electrons. The first kappa shape index (κ1) is 26.7. The van der Waals surface area contributed by atoms with E-state index in [0.29, 0.717) is 40.7 Å². The maximum absolute atomic E-state index is 14.1. The number of carbonyl (C=O) groups excluding carboxylic acids is 2. The van der Waals surface area contributed by atoms with Crippen molar-refractivity contribution in [2.24, 2.45) is 5.92 Å². The highest BCUT2D eigenvalue weighted by molar-refractivity contribution is 6.02. The van der Waals surface area contributed by atoms with E-state index < -0.39 is 6.04 Å². The molecule has 9 heteroatoms. The van der Waals surface area contributed by atoms with Gasteiger partial charge in [0.25, 0.3) is 0 Å². The first-order chi connectivity index (χ1) is 18.4. The summed E-state index contributed by atoms with van der Waals surface area (Å²) in [4.78, 5) is 29.5. The number of hydrogen-bond acceptors (Lipinski definition) is 6. The van der Waals surface area contributed by atoms with Crippen LogP contribution in [0.1, 0.15) is 31.9 Å². The van der Waals surface area contributed by atoms with Gasteiger partial charge in [-0.2, -0.15) is 0 Å². The molecular weight excluding hydrogens is 482 g/mol. The van der Waals surface area contributed by atoms with E-state index in [0.717, 1.165) is 11.9 Å². The number of hydrogen-bond donors (Lipinski definition) is 1. The second-order valence-electron chi connectivity index (χ2n) is 9.29. The lowest BCUT2D eigenvalue weighted by molar-refractivity contribution is -0.127. The number of carbonyl (C=O) groups is 2. The number of nitrogens with zero attached hydrogens (tertiary/aromatic N) is 4. The molecule has 0 fully saturated rings. The molecule has 0 spiro atoms. The summed E-state index contributed by atoms with van der Waals surface area (Å²) in [5.41, 5.74) is 2.49. The van der Waals surface area contributed by atoms with Gasteiger partial charge in [-0.1, -0.05) is 61.5 Å². The average Bonchev–Trinajstić information content (AvgIpc) is 3.33. The second kappa shape index (κ2) is 12.2. The zero-order chi connectivity index (χ0) is 27.1. The molecule has 0 bridgehead atoms. The van der Waals surface area contributed by atoms with E-state index in [1.54, 1.807) is 35.0 Å². The van der Waals surface area contributed by atoms with E-state index in [-0.39, 0.29) is 18.4 Å². The summed E-state index contributed by atoms with van der Waals surface area (Å²) in [6.07, 6.45) is 0.804. The van der Waals surface area contributed by atoms with E-state index in [1.807, 2.05) is 42.5 Å². The highest BCUT2D eigenvalue weighted by atomic mass is 16.5. The molecule has 38 heavy (non-hydrogen) atoms. The van der Waals surface area contributed by atoms with Crippen molar-refractivity contribution < 1.29 is 19.1 Å². The fourth-order valence-electron chi connectivity index (χ4n) is 4.37. The van der Waals surface area contributed by atoms with Crippen molar-refractivity contribution in [2.75, 3.05) is 25.7 Å². The lowest BCUT2D eigenvalue weighted by atomic mass is 10.0. The fourth-order valence-corrected chi connectivity index (χ4v) is 4.37. The van der Waals surface area contributed by atoms with Crippen molar-refractivity contribution >= 4 is 28.5 Å². The molecule has 0 saturated heterocycles. The van der Waals surface area contributed by atoms with Gasteiger partial charge < -0.3 is 14.8 Å². The quantitative estimate of drug-likeness (QED) is 0.318. The maximum Gasteiger partial charge on any atom is 0.249 e. The summed E-state index contributed by atoms with van der Waals surface area (Å²) in [5.74, 6) is 0.609. The number of benzene rings is 3. The van der Waals surface area contributed by atoms with E-state index in [2.05, 4.69) is 29.5 Å². The monoisotopic (exact) mass is 515 g/mol. The van der Waals surface area contributed by atoms with Gasteiger partial charge in [0.1, 0.15) is 18.1 Å². The molecule has 0 radical (unpaired) electrons. The van der Waals surface area contributed by atoms with Gasteiger partial charge in [-0.05, 0) is 42.7 Å². The molecule has 1 heterocycles. The predicted octanol–water partition coefficient (Wildman–Crippen LogP) is 4.39. The van der Waals surface area contributed by atoms with Gasteiger partial charge in [-0.25, -0.2) is 4.68 Å². The second-order valence-corrected chi connectivity index (χ2v) is 9.29. The molecule has 0 aliphatic heterocycles. The Bertz CT molecular complexity index is 1390. The third-order valence-electron chi connectivity index (χ3n) is 6.26. The lowest BCUT2D eigenvalue weighted by Crippen LogP contribution is -2.45. The van der Waals surface area contributed by atoms with Crippen LogP contribution in [0.25, 0.3) is 11.0 Å². The zero-order valence-electron chi connectivity index (χ0n) is 22.1. The molecule has 4 aromatic rings. The van der Waals surface area contributed by atoms with E-state index >= 15 is 0 Å². The highest BCUT2D eigenvalue weighted by Gasteiger charge is 2.36. The molecule has 0 saturated carbocycles. The van der Waals surface area contributed by atoms with E-state index in [4.69, 9.17) is 9.47 Å². The summed E-state index contributed by atoms with van der Waals surface area (Å²) in [6, 6.07) is 20.8. The molecule has 0 aliphatic rings. The number of para-hydroxylation sites is 3. The summed E-state index contributed by atoms with van der Waals surface area (Å²) >= 11 is 0. The van der Waals surface area contributed by atoms with Crippen molar-refractivity contribution in [3.05, 3.63) is 78.4 Å². The van der Waals surface area contributed by atoms with Gasteiger partial charge >= 0.3 is 0 Å². The number of anilines is 1. The van der Waals surface area contributed by atoms with Crippen LogP contribution in [0.4, 0.5) is 5.69 Å². The minimum absolute atomic E-state index is 0.114. The van der Waals surface area contributed by atoms with Crippen LogP contribution in [0.3, 0.4) is 0 Å². The van der Waals surface area contributed by atoms with Crippen LogP contribution in [0.5, 0.6) is 11.5 Å². The van der Waals surface area contributed by atoms with Gasteiger partial charge in [-0.3, -0.25) is 14.5 Å². The van der Waals surface area contributed by atoms with Gasteiger partial charge in [-0.15, -0.1) is 5.10 Å². The molecule has 1 N–H and O–H groups in total. The molecule has 0 aliphatic carbocycles. The van der Waals surface area contributed by atoms with Gasteiger partial charge in [0.05, 0.1) is 19.7 Å². The largest absolute Gasteiger partial charge is 0.493 e. The molecule has 3 aromatic carbocycles. The van der Waals surface area contributed by atoms with Crippen molar-refractivity contribution in [1.29, 1.82) is 0 Å². The number of ether oxygens (including phenoxy) is 2. The Morgan fingerprint density at radius 1 is 0.947 bits per heavy atom. The maximum atomic E-state index is 14.1. The molecule has 4 rings (SSSR count). The smallest absolute Gasteiger partial charge is 0.249 e. The van der Waals surface area contributed by atoms with E-state index in [9.17, 15) is 9.59 Å². The normalized spacial score (nSPS) is 11.8. The lowest BCUT2D eigenvalue weighted by Gasteiger charge is -2.32. The standard InChI is InChI=1S/C29H33N5O4/c1-20(2)17-18-30-29(36)27(22-13-10-16-25(37-3)28(22)38-4)34(21-11-6-5-7-12-21)26(35)19-33-24-15-9-8-14-23(24)31-32-33/h5-16,20,27H,17-19H2,1-4H3,(H,30,36)/t27-/m0/s1. The van der Waals surface area contributed by atoms with Crippen molar-refractivity contribution in [3.63, 3.8) is 0 Å². The molecule has 0 unspecified atom stereocenters. The first-order valence-corrected chi connectivity index (χ1v) is 12.6. The Morgan fingerprint density at radius 3 is 2.39 bits per heavy atom. The Labute approximate surface area is 222 Å². The molecule has 2 amide bonds. The zero-order valence-corrected chi connectivity index (χ0v) is 22.1. The van der Waals surface area contributed by atoms with Crippen molar-refractivity contribution in [1.82, 2.24) is 20.3 Å². The minimum atomic E-state index is -1.03. The van der Waals surface area contributed by atoms with Crippen LogP contribution in [0.15, 0.2) is 72.8 Å². The van der Waals surface area contributed by atoms with Crippen LogP contribution in [-0.4, -0.2) is 47.6 Å². The Morgan fingerprint density at radius 2 is 1.68 bits per heavy atom. The Kier molecular flexibility index (Phi) is 8.58. The molecule has 1 aromatic heterocycles. The van der Waals surface area contributed by atoms with E-state index in [1.165, 1.54) is 19.1 Å². The van der Waals surface area contributed by atoms with Crippen LogP contribution < -0.4 is 19.7 Å². The topological polar surface area (TPSA) is 98.6 Å². The summed E-state index contributed by atoms with van der Waals surface area (Å²) < 4.78 is 12.8. The molecule has 1 atom stereocenters. The minimum Gasteiger partial charge on any atom is -0.493 e. The molecular formula is C29H33N5O4. The fraction of sp³-hybridized carbons (Fsp3) is 0.310. The number of amides is 2. The summed E-state index contributed by atoms with van der Waals surface area (Å²) in [6.45, 7) is 4.55. The number of aromatic nitrogens is 3. The molecule has 9 nitrogen and oxygen atoms in total. The summed E-state index contributed by atoms with van der Waals surface area (Å²) in [7, 11) is 3.06. The number of fused-ring (bicyclic) bond motifs is 1. The third-order valence-corrected chi connectivity index (χ3v) is 6.26. The first-order valence-electron chi connectivity index (χ1n) is 12.6. The van der Waals surface area contributed by atoms with Crippen LogP contribution in [-0.2, 0) is 16.1 Å².